The molecule has 2 aromatic heterocycles. The molecule has 0 spiro atoms. The summed E-state index contributed by atoms with van der Waals surface area (Å²) in [6, 6.07) is 9.88. The minimum atomic E-state index is -0.937. The number of aromatic carboxylic acids is 1. The Labute approximate surface area is 120 Å². The Morgan fingerprint density at radius 1 is 1.35 bits per heavy atom. The van der Waals surface area contributed by atoms with Gasteiger partial charge in [-0.1, -0.05) is 37.3 Å². The number of aromatic nitrogens is 2. The minimum absolute atomic E-state index is 0.259. The van der Waals surface area contributed by atoms with Gasteiger partial charge < -0.3 is 5.11 Å². The molecule has 0 fully saturated rings. The van der Waals surface area contributed by atoms with E-state index in [9.17, 15) is 9.90 Å². The van der Waals surface area contributed by atoms with E-state index in [1.807, 2.05) is 30.3 Å². The van der Waals surface area contributed by atoms with Crippen molar-refractivity contribution < 1.29 is 9.90 Å². The number of carboxylic acids is 1. The van der Waals surface area contributed by atoms with E-state index in [0.29, 0.717) is 5.69 Å². The van der Waals surface area contributed by atoms with Gasteiger partial charge in [-0.05, 0) is 18.9 Å². The number of benzene rings is 1. The third-order valence-corrected chi connectivity index (χ3v) is 4.48. The highest BCUT2D eigenvalue weighted by Gasteiger charge is 2.22. The summed E-state index contributed by atoms with van der Waals surface area (Å²) in [6.07, 6.45) is 0.858. The normalized spacial score (nSPS) is 11.1. The molecule has 4 nitrogen and oxygen atoms in total. The van der Waals surface area contributed by atoms with Crippen molar-refractivity contribution in [3.8, 4) is 11.3 Å². The van der Waals surface area contributed by atoms with E-state index in [1.54, 1.807) is 22.7 Å². The highest BCUT2D eigenvalue weighted by atomic mass is 32.1. The molecule has 0 saturated carbocycles. The molecule has 102 valence electrons. The monoisotopic (exact) mass is 286 g/mol. The van der Waals surface area contributed by atoms with E-state index in [0.717, 1.165) is 27.5 Å². The van der Waals surface area contributed by atoms with Crippen molar-refractivity contribution in [3.63, 3.8) is 0 Å². The highest BCUT2D eigenvalue weighted by molar-refractivity contribution is 7.17. The predicted octanol–water partition coefficient (Wildman–Crippen LogP) is 3.63. The van der Waals surface area contributed by atoms with Crippen molar-refractivity contribution in [2.45, 2.75) is 20.3 Å². The number of aryl methyl sites for hydroxylation is 2. The molecular weight excluding hydrogens is 272 g/mol. The number of thiazole rings is 1. The summed E-state index contributed by atoms with van der Waals surface area (Å²) in [5.74, 6) is -0.937. The van der Waals surface area contributed by atoms with Crippen LogP contribution in [0.25, 0.3) is 16.2 Å². The first kappa shape index (κ1) is 12.9. The van der Waals surface area contributed by atoms with Gasteiger partial charge in [-0.3, -0.25) is 4.40 Å². The molecule has 2 heterocycles. The van der Waals surface area contributed by atoms with Gasteiger partial charge >= 0.3 is 5.97 Å². The van der Waals surface area contributed by atoms with Gasteiger partial charge in [0.25, 0.3) is 0 Å². The number of nitrogens with zero attached hydrogens (tertiary/aromatic N) is 2. The topological polar surface area (TPSA) is 54.6 Å². The third kappa shape index (κ3) is 1.82. The summed E-state index contributed by atoms with van der Waals surface area (Å²) < 4.78 is 1.77. The summed E-state index contributed by atoms with van der Waals surface area (Å²) >= 11 is 1.56. The maximum absolute atomic E-state index is 11.5. The first-order valence-corrected chi connectivity index (χ1v) is 7.24. The summed E-state index contributed by atoms with van der Waals surface area (Å²) in [5, 5.41) is 9.45. The summed E-state index contributed by atoms with van der Waals surface area (Å²) in [7, 11) is 0. The Hall–Kier alpha value is -2.14. The molecule has 0 aliphatic heterocycles. The number of carbonyl (C=O) groups is 1. The van der Waals surface area contributed by atoms with Crippen LogP contribution in [0.2, 0.25) is 0 Å². The van der Waals surface area contributed by atoms with Crippen LogP contribution < -0.4 is 0 Å². The van der Waals surface area contributed by atoms with E-state index >= 15 is 0 Å². The van der Waals surface area contributed by atoms with E-state index in [4.69, 9.17) is 0 Å². The Bertz CT molecular complexity index is 787. The summed E-state index contributed by atoms with van der Waals surface area (Å²) in [5.41, 5.74) is 2.79. The molecule has 0 saturated heterocycles. The van der Waals surface area contributed by atoms with Gasteiger partial charge in [0.1, 0.15) is 0 Å². The molecule has 0 atom stereocenters. The average molecular weight is 286 g/mol. The van der Waals surface area contributed by atoms with Crippen LogP contribution in [0.4, 0.5) is 0 Å². The first-order chi connectivity index (χ1) is 9.63. The second-order valence-electron chi connectivity index (χ2n) is 4.56. The molecule has 3 rings (SSSR count). The second kappa shape index (κ2) is 4.76. The van der Waals surface area contributed by atoms with Crippen molar-refractivity contribution in [1.29, 1.82) is 0 Å². The second-order valence-corrected chi connectivity index (χ2v) is 5.62. The molecule has 1 N–H and O–H groups in total. The van der Waals surface area contributed by atoms with Crippen LogP contribution in [0.1, 0.15) is 28.0 Å². The standard InChI is InChI=1S/C15H14N2O2S/c1-3-11-13(10-7-5-4-6-8-10)17-12(14(18)19)9(2)16-15(17)20-11/h4-8H,3H2,1-2H3,(H,18,19). The number of hydrogen-bond acceptors (Lipinski definition) is 3. The van der Waals surface area contributed by atoms with Gasteiger partial charge in [0.2, 0.25) is 0 Å². The molecular formula is C15H14N2O2S. The SMILES string of the molecule is CCc1sc2nc(C)c(C(=O)O)n2c1-c1ccccc1. The molecule has 0 bridgehead atoms. The first-order valence-electron chi connectivity index (χ1n) is 6.43. The number of hydrogen-bond donors (Lipinski definition) is 1. The fraction of sp³-hybridized carbons (Fsp3) is 0.200. The lowest BCUT2D eigenvalue weighted by atomic mass is 10.1. The van der Waals surface area contributed by atoms with E-state index in [2.05, 4.69) is 11.9 Å². The molecule has 3 aromatic rings. The van der Waals surface area contributed by atoms with Crippen molar-refractivity contribution in [3.05, 3.63) is 46.6 Å². The summed E-state index contributed by atoms with van der Waals surface area (Å²) in [6.45, 7) is 3.81. The van der Waals surface area contributed by atoms with Crippen molar-refractivity contribution in [2.75, 3.05) is 0 Å². The molecule has 5 heteroatoms. The molecule has 20 heavy (non-hydrogen) atoms. The van der Waals surface area contributed by atoms with Crippen LogP contribution in [-0.4, -0.2) is 20.5 Å². The lowest BCUT2D eigenvalue weighted by Crippen LogP contribution is -2.04. The number of rotatable bonds is 3. The van der Waals surface area contributed by atoms with Gasteiger partial charge in [0, 0.05) is 4.88 Å². The molecule has 1 aromatic carbocycles. The quantitative estimate of drug-likeness (QED) is 0.800. The van der Waals surface area contributed by atoms with E-state index < -0.39 is 5.97 Å². The lowest BCUT2D eigenvalue weighted by Gasteiger charge is -2.05. The molecule has 0 radical (unpaired) electrons. The summed E-state index contributed by atoms with van der Waals surface area (Å²) in [4.78, 5) is 17.8. The number of imidazole rings is 1. The van der Waals surface area contributed by atoms with Gasteiger partial charge in [0.05, 0.1) is 11.4 Å². The average Bonchev–Trinajstić information content (AvgIpc) is 2.93. The van der Waals surface area contributed by atoms with E-state index in [-0.39, 0.29) is 5.69 Å². The minimum Gasteiger partial charge on any atom is -0.477 e. The van der Waals surface area contributed by atoms with Crippen molar-refractivity contribution >= 4 is 22.3 Å². The maximum atomic E-state index is 11.5. The Balaban J connectivity index is 2.41. The van der Waals surface area contributed by atoms with Crippen LogP contribution in [0.3, 0.4) is 0 Å². The fourth-order valence-electron chi connectivity index (χ4n) is 2.44. The van der Waals surface area contributed by atoms with Crippen LogP contribution in [0.15, 0.2) is 30.3 Å². The highest BCUT2D eigenvalue weighted by Crippen LogP contribution is 2.34. The van der Waals surface area contributed by atoms with Crippen LogP contribution >= 0.6 is 11.3 Å². The van der Waals surface area contributed by atoms with Gasteiger partial charge in [-0.2, -0.15) is 0 Å². The Morgan fingerprint density at radius 2 is 2.05 bits per heavy atom. The lowest BCUT2D eigenvalue weighted by molar-refractivity contribution is 0.0688. The number of carboxylic acid groups (broad SMARTS) is 1. The van der Waals surface area contributed by atoms with Crippen LogP contribution in [-0.2, 0) is 6.42 Å². The largest absolute Gasteiger partial charge is 0.477 e. The fourth-order valence-corrected chi connectivity index (χ4v) is 3.57. The van der Waals surface area contributed by atoms with Gasteiger partial charge in [-0.25, -0.2) is 9.78 Å². The smallest absolute Gasteiger partial charge is 0.354 e. The van der Waals surface area contributed by atoms with Crippen LogP contribution in [0.5, 0.6) is 0 Å². The zero-order valence-corrected chi connectivity index (χ0v) is 12.1. The van der Waals surface area contributed by atoms with Crippen molar-refractivity contribution in [1.82, 2.24) is 9.38 Å². The van der Waals surface area contributed by atoms with E-state index in [1.165, 1.54) is 0 Å². The van der Waals surface area contributed by atoms with Crippen molar-refractivity contribution in [2.24, 2.45) is 0 Å². The molecule has 0 aliphatic carbocycles. The molecule has 0 unspecified atom stereocenters. The zero-order chi connectivity index (χ0) is 14.3. The Morgan fingerprint density at radius 3 is 2.65 bits per heavy atom. The molecule has 0 amide bonds. The maximum Gasteiger partial charge on any atom is 0.354 e. The zero-order valence-electron chi connectivity index (χ0n) is 11.3. The van der Waals surface area contributed by atoms with Gasteiger partial charge in [-0.15, -0.1) is 11.3 Å². The van der Waals surface area contributed by atoms with Crippen LogP contribution in [0, 0.1) is 6.92 Å². The third-order valence-electron chi connectivity index (χ3n) is 3.29. The van der Waals surface area contributed by atoms with Gasteiger partial charge in [0.15, 0.2) is 10.7 Å². The molecule has 0 aliphatic rings. The predicted molar refractivity (Wildman–Crippen MR) is 79.6 cm³/mol. The number of fused-ring (bicyclic) bond motifs is 1. The Kier molecular flexibility index (Phi) is 3.06.